The predicted molar refractivity (Wildman–Crippen MR) is 103 cm³/mol. The van der Waals surface area contributed by atoms with Gasteiger partial charge in [0.25, 0.3) is 5.56 Å². The molecular weight excluding hydrogens is 356 g/mol. The van der Waals surface area contributed by atoms with Crippen LogP contribution >= 0.6 is 22.9 Å². The smallest absolute Gasteiger partial charge is 0.274 e. The third kappa shape index (κ3) is 2.90. The molecule has 0 saturated carbocycles. The molecule has 4 rings (SSSR count). The van der Waals surface area contributed by atoms with Crippen LogP contribution in [0.2, 0.25) is 5.02 Å². The first-order valence-electron chi connectivity index (χ1n) is 7.91. The molecule has 2 heterocycles. The number of aromatic nitrogens is 2. The zero-order chi connectivity index (χ0) is 17.6. The van der Waals surface area contributed by atoms with Crippen LogP contribution in [0.4, 0.5) is 0 Å². The molecule has 6 heteroatoms. The van der Waals surface area contributed by atoms with E-state index in [1.807, 2.05) is 56.3 Å². The number of halogens is 1. The van der Waals surface area contributed by atoms with Crippen molar-refractivity contribution in [3.8, 4) is 5.75 Å². The Hall–Kier alpha value is -2.37. The highest BCUT2D eigenvalue weighted by molar-refractivity contribution is 7.15. The van der Waals surface area contributed by atoms with Crippen molar-refractivity contribution < 1.29 is 4.74 Å². The molecule has 2 aromatic heterocycles. The molecule has 0 amide bonds. The minimum absolute atomic E-state index is 0.0546. The number of benzene rings is 2. The van der Waals surface area contributed by atoms with Gasteiger partial charge in [-0.2, -0.15) is 0 Å². The summed E-state index contributed by atoms with van der Waals surface area (Å²) in [6, 6.07) is 13.2. The first-order valence-corrected chi connectivity index (χ1v) is 9.10. The van der Waals surface area contributed by atoms with Crippen LogP contribution in [0.1, 0.15) is 19.4 Å². The molecule has 25 heavy (non-hydrogen) atoms. The van der Waals surface area contributed by atoms with Gasteiger partial charge in [-0.15, -0.1) is 0 Å². The molecule has 0 aliphatic rings. The Kier molecular flexibility index (Phi) is 3.98. The van der Waals surface area contributed by atoms with Gasteiger partial charge in [-0.05, 0) is 49.8 Å². The van der Waals surface area contributed by atoms with E-state index < -0.39 is 0 Å². The number of thiazole rings is 1. The van der Waals surface area contributed by atoms with Crippen LogP contribution in [0.25, 0.3) is 22.1 Å². The highest BCUT2D eigenvalue weighted by atomic mass is 35.5. The molecular formula is C19H15ClN2O2S. The lowest BCUT2D eigenvalue weighted by Crippen LogP contribution is -2.22. The van der Waals surface area contributed by atoms with Gasteiger partial charge in [-0.25, -0.2) is 9.38 Å². The second-order valence-electron chi connectivity index (χ2n) is 5.99. The number of ether oxygens (including phenoxy) is 1. The van der Waals surface area contributed by atoms with Crippen LogP contribution in [-0.4, -0.2) is 15.5 Å². The SMILES string of the molecule is CC(C)Oc1ccc(/C=c2/sc3nc4ccccc4n3c2=O)cc1Cl. The van der Waals surface area contributed by atoms with E-state index >= 15 is 0 Å². The number of para-hydroxylation sites is 2. The van der Waals surface area contributed by atoms with Gasteiger partial charge in [-0.3, -0.25) is 4.79 Å². The van der Waals surface area contributed by atoms with Crippen LogP contribution in [0.3, 0.4) is 0 Å². The molecule has 0 fully saturated rings. The van der Waals surface area contributed by atoms with Gasteiger partial charge in [-0.1, -0.05) is 41.1 Å². The molecule has 0 bridgehead atoms. The van der Waals surface area contributed by atoms with E-state index in [9.17, 15) is 4.79 Å². The molecule has 0 aliphatic heterocycles. The van der Waals surface area contributed by atoms with E-state index in [2.05, 4.69) is 4.98 Å². The number of hydrogen-bond acceptors (Lipinski definition) is 4. The number of hydrogen-bond donors (Lipinski definition) is 0. The Labute approximate surface area is 152 Å². The van der Waals surface area contributed by atoms with Crippen molar-refractivity contribution in [1.29, 1.82) is 0 Å². The minimum atomic E-state index is -0.0627. The molecule has 4 nitrogen and oxygen atoms in total. The lowest BCUT2D eigenvalue weighted by atomic mass is 10.2. The third-order valence-electron chi connectivity index (χ3n) is 3.76. The van der Waals surface area contributed by atoms with Crippen LogP contribution in [0, 0.1) is 0 Å². The highest BCUT2D eigenvalue weighted by Gasteiger charge is 2.11. The maximum absolute atomic E-state index is 12.7. The minimum Gasteiger partial charge on any atom is -0.489 e. The second kappa shape index (κ2) is 6.17. The summed E-state index contributed by atoms with van der Waals surface area (Å²) < 4.78 is 7.92. The Morgan fingerprint density at radius 1 is 1.24 bits per heavy atom. The van der Waals surface area contributed by atoms with Crippen LogP contribution < -0.4 is 14.8 Å². The molecule has 0 N–H and O–H groups in total. The van der Waals surface area contributed by atoms with Gasteiger partial charge >= 0.3 is 0 Å². The van der Waals surface area contributed by atoms with E-state index in [0.29, 0.717) is 20.3 Å². The van der Waals surface area contributed by atoms with Crippen molar-refractivity contribution in [2.75, 3.05) is 0 Å². The molecule has 126 valence electrons. The van der Waals surface area contributed by atoms with E-state index in [1.165, 1.54) is 11.3 Å². The summed E-state index contributed by atoms with van der Waals surface area (Å²) in [6.45, 7) is 3.90. The zero-order valence-electron chi connectivity index (χ0n) is 13.7. The van der Waals surface area contributed by atoms with Crippen LogP contribution in [0.5, 0.6) is 5.75 Å². The fraction of sp³-hybridized carbons (Fsp3) is 0.158. The summed E-state index contributed by atoms with van der Waals surface area (Å²) >= 11 is 7.65. The monoisotopic (exact) mass is 370 g/mol. The average Bonchev–Trinajstić information content (AvgIpc) is 3.07. The first kappa shape index (κ1) is 16.1. The Morgan fingerprint density at radius 2 is 2.04 bits per heavy atom. The summed E-state index contributed by atoms with van der Waals surface area (Å²) in [6.07, 6.45) is 1.89. The molecule has 0 unspecified atom stereocenters. The van der Waals surface area contributed by atoms with Crippen molar-refractivity contribution >= 4 is 45.0 Å². The summed E-state index contributed by atoms with van der Waals surface area (Å²) in [5.41, 5.74) is 2.45. The van der Waals surface area contributed by atoms with E-state index in [-0.39, 0.29) is 11.7 Å². The van der Waals surface area contributed by atoms with Gasteiger partial charge in [0.05, 0.1) is 26.7 Å². The molecule has 2 aromatic carbocycles. The number of fused-ring (bicyclic) bond motifs is 3. The topological polar surface area (TPSA) is 43.6 Å². The fourth-order valence-corrected chi connectivity index (χ4v) is 3.94. The van der Waals surface area contributed by atoms with Gasteiger partial charge in [0.15, 0.2) is 4.96 Å². The van der Waals surface area contributed by atoms with Gasteiger partial charge < -0.3 is 4.74 Å². The van der Waals surface area contributed by atoms with Gasteiger partial charge in [0.2, 0.25) is 0 Å². The summed E-state index contributed by atoms with van der Waals surface area (Å²) in [5.74, 6) is 0.642. The maximum Gasteiger partial charge on any atom is 0.274 e. The summed E-state index contributed by atoms with van der Waals surface area (Å²) in [4.78, 5) is 18.0. The second-order valence-corrected chi connectivity index (χ2v) is 7.41. The third-order valence-corrected chi connectivity index (χ3v) is 5.03. The average molecular weight is 371 g/mol. The first-order chi connectivity index (χ1) is 12.0. The lowest BCUT2D eigenvalue weighted by Gasteiger charge is -2.11. The van der Waals surface area contributed by atoms with Gasteiger partial charge in [0.1, 0.15) is 5.75 Å². The molecule has 0 atom stereocenters. The maximum atomic E-state index is 12.7. The largest absolute Gasteiger partial charge is 0.489 e. The molecule has 0 saturated heterocycles. The van der Waals surface area contributed by atoms with Crippen molar-refractivity contribution in [1.82, 2.24) is 9.38 Å². The number of imidazole rings is 1. The predicted octanol–water partition coefficient (Wildman–Crippen LogP) is 3.90. The van der Waals surface area contributed by atoms with E-state index in [1.54, 1.807) is 10.5 Å². The van der Waals surface area contributed by atoms with Crippen molar-refractivity contribution in [3.05, 3.63) is 67.9 Å². The molecule has 0 spiro atoms. The van der Waals surface area contributed by atoms with Crippen molar-refractivity contribution in [3.63, 3.8) is 0 Å². The highest BCUT2D eigenvalue weighted by Crippen LogP contribution is 2.26. The lowest BCUT2D eigenvalue weighted by molar-refractivity contribution is 0.242. The fourth-order valence-electron chi connectivity index (χ4n) is 2.72. The Bertz CT molecular complexity index is 1190. The quantitative estimate of drug-likeness (QED) is 0.549. The summed E-state index contributed by atoms with van der Waals surface area (Å²) in [5, 5.41) is 0.529. The van der Waals surface area contributed by atoms with E-state index in [0.717, 1.165) is 16.6 Å². The number of rotatable bonds is 3. The van der Waals surface area contributed by atoms with Crippen molar-refractivity contribution in [2.45, 2.75) is 20.0 Å². The van der Waals surface area contributed by atoms with Crippen molar-refractivity contribution in [2.24, 2.45) is 0 Å². The van der Waals surface area contributed by atoms with Gasteiger partial charge in [0, 0.05) is 0 Å². The molecule has 0 aliphatic carbocycles. The molecule has 4 aromatic rings. The zero-order valence-corrected chi connectivity index (χ0v) is 15.3. The Morgan fingerprint density at radius 3 is 2.80 bits per heavy atom. The van der Waals surface area contributed by atoms with Crippen LogP contribution in [-0.2, 0) is 0 Å². The Balaban J connectivity index is 1.83. The summed E-state index contributed by atoms with van der Waals surface area (Å²) in [7, 11) is 0. The normalized spacial score (nSPS) is 12.6. The van der Waals surface area contributed by atoms with E-state index in [4.69, 9.17) is 16.3 Å². The van der Waals surface area contributed by atoms with Crippen LogP contribution in [0.15, 0.2) is 47.3 Å². The molecule has 0 radical (unpaired) electrons. The standard InChI is InChI=1S/C19H15ClN2O2S/c1-11(2)24-16-8-7-12(9-13(16)20)10-17-18(23)22-15-6-4-3-5-14(15)21-19(22)25-17/h3-11H,1-2H3/b17-10+. The number of nitrogens with zero attached hydrogens (tertiary/aromatic N) is 2.